The van der Waals surface area contributed by atoms with Crippen LogP contribution in [0, 0.1) is 17.8 Å². The van der Waals surface area contributed by atoms with Crippen LogP contribution in [0.1, 0.15) is 94.6 Å². The van der Waals surface area contributed by atoms with Gasteiger partial charge in [0.2, 0.25) is 0 Å². The zero-order valence-corrected chi connectivity index (χ0v) is 18.7. The number of hydrogen-bond acceptors (Lipinski definition) is 1. The molecular weight excluding hydrogens is 352 g/mol. The molecule has 0 heterocycles. The van der Waals surface area contributed by atoms with Gasteiger partial charge in [-0.25, -0.2) is 0 Å². The highest BCUT2D eigenvalue weighted by molar-refractivity contribution is 5.25. The molecule has 160 valence electrons. The van der Waals surface area contributed by atoms with Crippen LogP contribution in [0.2, 0.25) is 0 Å². The van der Waals surface area contributed by atoms with E-state index in [4.69, 9.17) is 4.74 Å². The van der Waals surface area contributed by atoms with Crippen LogP contribution >= 0.6 is 0 Å². The number of ether oxygens (including phenoxy) is 1. The Kier molecular flexibility index (Phi) is 9.54. The molecule has 2 fully saturated rings. The molecular formula is C28H42O. The lowest BCUT2D eigenvalue weighted by atomic mass is 9.68. The quantitative estimate of drug-likeness (QED) is 0.287. The second-order valence-corrected chi connectivity index (χ2v) is 9.35. The molecule has 1 heteroatoms. The zero-order valence-electron chi connectivity index (χ0n) is 18.7. The molecule has 0 unspecified atom stereocenters. The van der Waals surface area contributed by atoms with E-state index in [1.807, 2.05) is 6.08 Å². The summed E-state index contributed by atoms with van der Waals surface area (Å²) in [4.78, 5) is 0. The lowest BCUT2D eigenvalue weighted by molar-refractivity contribution is 0.119. The third-order valence-corrected chi connectivity index (χ3v) is 7.32. The number of hydrogen-bond donors (Lipinski definition) is 0. The average molecular weight is 395 g/mol. The van der Waals surface area contributed by atoms with E-state index >= 15 is 0 Å². The molecule has 2 aliphatic carbocycles. The van der Waals surface area contributed by atoms with Crippen LogP contribution in [0.25, 0.3) is 0 Å². The Labute approximate surface area is 179 Å². The summed E-state index contributed by atoms with van der Waals surface area (Å²) in [6, 6.07) is 9.28. The van der Waals surface area contributed by atoms with Crippen molar-refractivity contribution in [1.29, 1.82) is 0 Å². The number of rotatable bonds is 10. The monoisotopic (exact) mass is 394 g/mol. The zero-order chi connectivity index (χ0) is 20.3. The molecule has 0 spiro atoms. The SMILES string of the molecule is C=CCCCOCc1ccc(C2CCC(C3CCC(C=CCC)CC3)CC2)cc1. The summed E-state index contributed by atoms with van der Waals surface area (Å²) in [6.07, 6.45) is 21.6. The normalized spacial score (nSPS) is 27.9. The number of allylic oxidation sites excluding steroid dienone is 3. The summed E-state index contributed by atoms with van der Waals surface area (Å²) >= 11 is 0. The van der Waals surface area contributed by atoms with Gasteiger partial charge in [0.15, 0.2) is 0 Å². The Balaban J connectivity index is 1.38. The van der Waals surface area contributed by atoms with Crippen LogP contribution < -0.4 is 0 Å². The van der Waals surface area contributed by atoms with E-state index in [0.29, 0.717) is 0 Å². The minimum Gasteiger partial charge on any atom is -0.377 e. The second kappa shape index (κ2) is 12.4. The van der Waals surface area contributed by atoms with Gasteiger partial charge in [0.25, 0.3) is 0 Å². The minimum atomic E-state index is 0.736. The van der Waals surface area contributed by atoms with Gasteiger partial charge < -0.3 is 4.74 Å². The lowest BCUT2D eigenvalue weighted by Crippen LogP contribution is -2.25. The molecule has 2 saturated carbocycles. The Bertz CT molecular complexity index is 598. The molecule has 2 aliphatic rings. The van der Waals surface area contributed by atoms with Crippen LogP contribution in [0.15, 0.2) is 49.1 Å². The van der Waals surface area contributed by atoms with Crippen molar-refractivity contribution in [3.63, 3.8) is 0 Å². The Morgan fingerprint density at radius 2 is 1.59 bits per heavy atom. The van der Waals surface area contributed by atoms with Crippen molar-refractivity contribution in [3.8, 4) is 0 Å². The summed E-state index contributed by atoms with van der Waals surface area (Å²) in [6.45, 7) is 7.56. The largest absolute Gasteiger partial charge is 0.377 e. The highest BCUT2D eigenvalue weighted by atomic mass is 16.5. The Morgan fingerprint density at radius 3 is 2.21 bits per heavy atom. The predicted octanol–water partition coefficient (Wildman–Crippen LogP) is 8.22. The van der Waals surface area contributed by atoms with Gasteiger partial charge in [0.05, 0.1) is 6.61 Å². The van der Waals surface area contributed by atoms with Gasteiger partial charge in [-0.1, -0.05) is 49.4 Å². The highest BCUT2D eigenvalue weighted by Gasteiger charge is 2.30. The van der Waals surface area contributed by atoms with E-state index in [-0.39, 0.29) is 0 Å². The van der Waals surface area contributed by atoms with Gasteiger partial charge in [-0.05, 0) is 105 Å². The molecule has 1 aromatic rings. The van der Waals surface area contributed by atoms with Gasteiger partial charge in [0.1, 0.15) is 0 Å². The molecule has 0 atom stereocenters. The molecule has 0 bridgehead atoms. The molecule has 3 rings (SSSR count). The first-order valence-electron chi connectivity index (χ1n) is 12.2. The average Bonchev–Trinajstić information content (AvgIpc) is 2.78. The molecule has 0 aromatic heterocycles. The summed E-state index contributed by atoms with van der Waals surface area (Å²) in [5, 5.41) is 0. The number of unbranched alkanes of at least 4 members (excludes halogenated alkanes) is 1. The van der Waals surface area contributed by atoms with Crippen LogP contribution in [0.4, 0.5) is 0 Å². The third-order valence-electron chi connectivity index (χ3n) is 7.32. The Morgan fingerprint density at radius 1 is 0.931 bits per heavy atom. The first kappa shape index (κ1) is 22.3. The van der Waals surface area contributed by atoms with Gasteiger partial charge >= 0.3 is 0 Å². The third kappa shape index (κ3) is 7.14. The molecule has 29 heavy (non-hydrogen) atoms. The minimum absolute atomic E-state index is 0.736. The summed E-state index contributed by atoms with van der Waals surface area (Å²) < 4.78 is 5.77. The standard InChI is InChI=1S/C28H42O/c1-3-5-7-21-29-22-24-11-15-26(16-12-24)28-19-17-27(18-20-28)25-13-9-23(10-14-25)8-6-4-2/h3,6,8,11-12,15-16,23,25,27-28H,1,4-5,7,9-10,13-14,17-22H2,2H3. The van der Waals surface area contributed by atoms with E-state index < -0.39 is 0 Å². The molecule has 0 amide bonds. The van der Waals surface area contributed by atoms with Gasteiger partial charge in [-0.3, -0.25) is 0 Å². The van der Waals surface area contributed by atoms with E-state index in [9.17, 15) is 0 Å². The first-order chi connectivity index (χ1) is 14.3. The van der Waals surface area contributed by atoms with Crippen LogP contribution in [-0.4, -0.2) is 6.61 Å². The Hall–Kier alpha value is -1.34. The van der Waals surface area contributed by atoms with E-state index in [2.05, 4.69) is 49.9 Å². The van der Waals surface area contributed by atoms with Crippen molar-refractivity contribution >= 4 is 0 Å². The van der Waals surface area contributed by atoms with Gasteiger partial charge in [-0.15, -0.1) is 6.58 Å². The fourth-order valence-electron chi connectivity index (χ4n) is 5.47. The molecule has 1 nitrogen and oxygen atoms in total. The topological polar surface area (TPSA) is 9.23 Å². The molecule has 0 N–H and O–H groups in total. The highest BCUT2D eigenvalue weighted by Crippen LogP contribution is 2.44. The van der Waals surface area contributed by atoms with E-state index in [0.717, 1.165) is 49.7 Å². The fourth-order valence-corrected chi connectivity index (χ4v) is 5.47. The van der Waals surface area contributed by atoms with E-state index in [1.165, 1.54) is 63.4 Å². The molecule has 1 aromatic carbocycles. The van der Waals surface area contributed by atoms with E-state index in [1.54, 1.807) is 5.56 Å². The predicted molar refractivity (Wildman–Crippen MR) is 125 cm³/mol. The maximum absolute atomic E-state index is 5.77. The smallest absolute Gasteiger partial charge is 0.0716 e. The summed E-state index contributed by atoms with van der Waals surface area (Å²) in [5.74, 6) is 3.64. The summed E-state index contributed by atoms with van der Waals surface area (Å²) in [7, 11) is 0. The van der Waals surface area contributed by atoms with Crippen LogP contribution in [-0.2, 0) is 11.3 Å². The van der Waals surface area contributed by atoms with Crippen molar-refractivity contribution in [1.82, 2.24) is 0 Å². The maximum atomic E-state index is 5.77. The lowest BCUT2D eigenvalue weighted by Gasteiger charge is -2.37. The van der Waals surface area contributed by atoms with Crippen molar-refractivity contribution < 1.29 is 4.74 Å². The molecule has 0 aliphatic heterocycles. The summed E-state index contributed by atoms with van der Waals surface area (Å²) in [5.41, 5.74) is 2.85. The van der Waals surface area contributed by atoms with Crippen LogP contribution in [0.3, 0.4) is 0 Å². The van der Waals surface area contributed by atoms with Gasteiger partial charge in [0, 0.05) is 6.61 Å². The van der Waals surface area contributed by atoms with Crippen LogP contribution in [0.5, 0.6) is 0 Å². The van der Waals surface area contributed by atoms with Crippen molar-refractivity contribution in [2.45, 2.75) is 90.1 Å². The molecule has 0 saturated heterocycles. The fraction of sp³-hybridized carbons (Fsp3) is 0.643. The first-order valence-corrected chi connectivity index (χ1v) is 12.2. The van der Waals surface area contributed by atoms with Gasteiger partial charge in [-0.2, -0.15) is 0 Å². The molecule has 0 radical (unpaired) electrons. The second-order valence-electron chi connectivity index (χ2n) is 9.35. The van der Waals surface area contributed by atoms with Crippen molar-refractivity contribution in [2.24, 2.45) is 17.8 Å². The number of benzene rings is 1. The van der Waals surface area contributed by atoms with Crippen molar-refractivity contribution in [3.05, 3.63) is 60.2 Å². The maximum Gasteiger partial charge on any atom is 0.0716 e. The van der Waals surface area contributed by atoms with Crippen molar-refractivity contribution in [2.75, 3.05) is 6.61 Å².